The Labute approximate surface area is 96.1 Å². The van der Waals surface area contributed by atoms with Gasteiger partial charge >= 0.3 is 0 Å². The summed E-state index contributed by atoms with van der Waals surface area (Å²) in [6.07, 6.45) is 10.9. The number of allylic oxidation sites excluding steroid dienone is 4. The Balaban J connectivity index is 2.66. The fraction of sp³-hybridized carbons (Fsp3) is 0.714. The molecule has 0 aromatic heterocycles. The highest BCUT2D eigenvalue weighted by atomic mass is 14.1. The van der Waals surface area contributed by atoms with Gasteiger partial charge in [0.05, 0.1) is 0 Å². The molecule has 0 bridgehead atoms. The zero-order valence-corrected chi connectivity index (χ0v) is 10.8. The molecule has 0 aromatic carbocycles. The molecule has 0 saturated heterocycles. The van der Waals surface area contributed by atoms with E-state index in [2.05, 4.69) is 47.1 Å². The Morgan fingerprint density at radius 2 is 1.73 bits per heavy atom. The van der Waals surface area contributed by atoms with Crippen molar-refractivity contribution < 1.29 is 0 Å². The Bertz CT molecular complexity index is 259. The van der Waals surface area contributed by atoms with Gasteiger partial charge < -0.3 is 0 Å². The van der Waals surface area contributed by atoms with Gasteiger partial charge in [-0.25, -0.2) is 0 Å². The van der Waals surface area contributed by atoms with Crippen LogP contribution in [0.25, 0.3) is 0 Å². The Kier molecular flexibility index (Phi) is 4.69. The molecule has 1 aliphatic rings. The van der Waals surface area contributed by atoms with Crippen LogP contribution < -0.4 is 0 Å². The van der Waals surface area contributed by atoms with Gasteiger partial charge in [0.15, 0.2) is 0 Å². The molecule has 1 heteroatoms. The van der Waals surface area contributed by atoms with E-state index in [0.29, 0.717) is 5.31 Å². The minimum absolute atomic E-state index is 0.367. The summed E-state index contributed by atoms with van der Waals surface area (Å²) in [4.78, 5) is 0. The average molecular weight is 203 g/mol. The van der Waals surface area contributed by atoms with E-state index < -0.39 is 0 Å². The first-order valence-electron chi connectivity index (χ1n) is 6.15. The van der Waals surface area contributed by atoms with E-state index in [9.17, 15) is 0 Å². The summed E-state index contributed by atoms with van der Waals surface area (Å²) in [6, 6.07) is 0. The molecule has 0 N–H and O–H groups in total. The second kappa shape index (κ2) is 5.58. The first kappa shape index (κ1) is 12.6. The van der Waals surface area contributed by atoms with Gasteiger partial charge in [-0.15, -0.1) is 0 Å². The largest absolute Gasteiger partial charge is 0.117 e. The Hall–Kier alpha value is -0.455. The van der Waals surface area contributed by atoms with Crippen LogP contribution in [-0.2, 0) is 0 Å². The molecular formula is C14H24B. The van der Waals surface area contributed by atoms with Crippen LogP contribution in [0.5, 0.6) is 0 Å². The fourth-order valence-corrected chi connectivity index (χ4v) is 1.96. The molecular weight excluding hydrogens is 179 g/mol. The molecule has 83 valence electrons. The zero-order valence-electron chi connectivity index (χ0n) is 10.8. The van der Waals surface area contributed by atoms with Gasteiger partial charge in [0, 0.05) is 0 Å². The van der Waals surface area contributed by atoms with E-state index >= 15 is 0 Å². The minimum Gasteiger partial charge on any atom is -0.0858 e. The van der Waals surface area contributed by atoms with Crippen molar-refractivity contribution in [1.82, 2.24) is 0 Å². The van der Waals surface area contributed by atoms with Crippen LogP contribution in [-0.4, -0.2) is 7.28 Å². The van der Waals surface area contributed by atoms with Gasteiger partial charge in [0.25, 0.3) is 0 Å². The minimum atomic E-state index is 0.367. The van der Waals surface area contributed by atoms with E-state index in [1.165, 1.54) is 32.0 Å². The summed E-state index contributed by atoms with van der Waals surface area (Å²) < 4.78 is 0. The van der Waals surface area contributed by atoms with Gasteiger partial charge in [0.1, 0.15) is 7.28 Å². The van der Waals surface area contributed by atoms with Crippen LogP contribution in [0.15, 0.2) is 23.3 Å². The number of rotatable bonds is 0. The number of hydrogen-bond acceptors (Lipinski definition) is 0. The molecule has 1 aliphatic heterocycles. The highest BCUT2D eigenvalue weighted by molar-refractivity contribution is 6.39. The predicted molar refractivity (Wildman–Crippen MR) is 70.6 cm³/mol. The lowest BCUT2D eigenvalue weighted by atomic mass is 9.50. The van der Waals surface area contributed by atoms with Gasteiger partial charge in [-0.1, -0.05) is 48.8 Å². The topological polar surface area (TPSA) is 0 Å². The average Bonchev–Trinajstić information content (AvgIpc) is 2.15. The van der Waals surface area contributed by atoms with Crippen molar-refractivity contribution in [2.24, 2.45) is 0 Å². The second-order valence-corrected chi connectivity index (χ2v) is 5.58. The van der Waals surface area contributed by atoms with Crippen molar-refractivity contribution in [3.63, 3.8) is 0 Å². The molecule has 0 aromatic rings. The summed E-state index contributed by atoms with van der Waals surface area (Å²) in [5.41, 5.74) is 3.10. The lowest BCUT2D eigenvalue weighted by Gasteiger charge is -2.22. The Morgan fingerprint density at radius 1 is 1.07 bits per heavy atom. The smallest absolute Gasteiger partial charge is 0.0858 e. The van der Waals surface area contributed by atoms with Crippen molar-refractivity contribution in [3.8, 4) is 0 Å². The number of hydrogen-bond donors (Lipinski definition) is 0. The quantitative estimate of drug-likeness (QED) is 0.392. The summed E-state index contributed by atoms with van der Waals surface area (Å²) in [7, 11) is 2.49. The van der Waals surface area contributed by atoms with E-state index in [-0.39, 0.29) is 0 Å². The third-order valence-corrected chi connectivity index (χ3v) is 3.24. The summed E-state index contributed by atoms with van der Waals surface area (Å²) in [5, 5.41) is 0.367. The summed E-state index contributed by atoms with van der Waals surface area (Å²) in [5.74, 6) is 0. The van der Waals surface area contributed by atoms with Gasteiger partial charge in [-0.3, -0.25) is 0 Å². The molecule has 0 unspecified atom stereocenters. The van der Waals surface area contributed by atoms with Crippen LogP contribution in [0.1, 0.15) is 53.4 Å². The monoisotopic (exact) mass is 203 g/mol. The molecule has 1 radical (unpaired) electrons. The molecule has 0 atom stereocenters. The Morgan fingerprint density at radius 3 is 2.47 bits per heavy atom. The molecule has 0 amide bonds. The standard InChI is InChI=1S/C14H24B/c1-12-6-5-7-13(2)9-11-15-14(3,4)10-8-12/h7-8H,5-6,9-11H2,1-4H3/b12-8+,13-7+. The van der Waals surface area contributed by atoms with Crippen LogP contribution in [0.2, 0.25) is 11.6 Å². The molecule has 0 saturated carbocycles. The highest BCUT2D eigenvalue weighted by Gasteiger charge is 2.17. The van der Waals surface area contributed by atoms with Crippen molar-refractivity contribution >= 4 is 7.28 Å². The van der Waals surface area contributed by atoms with Gasteiger partial charge in [0.2, 0.25) is 0 Å². The van der Waals surface area contributed by atoms with Gasteiger partial charge in [-0.05, 0) is 39.5 Å². The van der Waals surface area contributed by atoms with Crippen molar-refractivity contribution in [3.05, 3.63) is 23.3 Å². The highest BCUT2D eigenvalue weighted by Crippen LogP contribution is 2.31. The third kappa shape index (κ3) is 5.25. The SMILES string of the molecule is C/C1=C\CC/C(C)=C/CC(C)(C)[B]CC1. The van der Waals surface area contributed by atoms with E-state index in [0.717, 1.165) is 0 Å². The molecule has 0 spiro atoms. The molecule has 15 heavy (non-hydrogen) atoms. The van der Waals surface area contributed by atoms with Crippen LogP contribution in [0.3, 0.4) is 0 Å². The normalized spacial score (nSPS) is 30.1. The van der Waals surface area contributed by atoms with Crippen LogP contribution in [0, 0.1) is 0 Å². The first-order chi connectivity index (χ1) is 6.99. The third-order valence-electron chi connectivity index (χ3n) is 3.24. The zero-order chi connectivity index (χ0) is 11.3. The first-order valence-corrected chi connectivity index (χ1v) is 6.15. The van der Waals surface area contributed by atoms with Gasteiger partial charge in [-0.2, -0.15) is 0 Å². The molecule has 1 rings (SSSR count). The van der Waals surface area contributed by atoms with Crippen molar-refractivity contribution in [1.29, 1.82) is 0 Å². The summed E-state index contributed by atoms with van der Waals surface area (Å²) in [6.45, 7) is 9.20. The van der Waals surface area contributed by atoms with E-state index in [1.54, 1.807) is 11.1 Å². The maximum Gasteiger partial charge on any atom is 0.117 e. The molecule has 1 heterocycles. The fourth-order valence-electron chi connectivity index (χ4n) is 1.96. The van der Waals surface area contributed by atoms with Crippen LogP contribution in [0.4, 0.5) is 0 Å². The van der Waals surface area contributed by atoms with E-state index in [4.69, 9.17) is 0 Å². The predicted octanol–water partition coefficient (Wildman–Crippen LogP) is 4.77. The lowest BCUT2D eigenvalue weighted by molar-refractivity contribution is 0.673. The van der Waals surface area contributed by atoms with E-state index in [1.807, 2.05) is 0 Å². The summed E-state index contributed by atoms with van der Waals surface area (Å²) >= 11 is 0. The lowest BCUT2D eigenvalue weighted by Crippen LogP contribution is -2.11. The van der Waals surface area contributed by atoms with Crippen LogP contribution >= 0.6 is 0 Å². The van der Waals surface area contributed by atoms with Crippen molar-refractivity contribution in [2.45, 2.75) is 65.0 Å². The molecule has 0 nitrogen and oxygen atoms in total. The van der Waals surface area contributed by atoms with Crippen molar-refractivity contribution in [2.75, 3.05) is 0 Å². The molecule has 0 fully saturated rings. The second-order valence-electron chi connectivity index (χ2n) is 5.58. The maximum absolute atomic E-state index is 2.49. The maximum atomic E-state index is 2.49. The molecule has 0 aliphatic carbocycles.